The number of nitrogens with two attached hydrogens (primary N) is 1. The second-order valence-electron chi connectivity index (χ2n) is 4.12. The number of aromatic amines is 1. The van der Waals surface area contributed by atoms with Gasteiger partial charge in [-0.05, 0) is 12.1 Å². The molecule has 0 fully saturated rings. The molecule has 4 N–H and O–H groups in total. The van der Waals surface area contributed by atoms with Gasteiger partial charge in [-0.1, -0.05) is 23.4 Å². The molecule has 0 aliphatic rings. The molecule has 0 aliphatic heterocycles. The van der Waals surface area contributed by atoms with Gasteiger partial charge in [0.25, 0.3) is 5.91 Å². The largest absolute Gasteiger partial charge is 0.398 e. The Morgan fingerprint density at radius 1 is 1.35 bits per heavy atom. The Balaban J connectivity index is 1.84. The number of nitrogens with zero attached hydrogens (tertiary/aromatic N) is 4. The van der Waals surface area contributed by atoms with E-state index in [1.165, 1.54) is 0 Å². The van der Waals surface area contributed by atoms with E-state index in [0.29, 0.717) is 17.0 Å². The molecule has 1 aromatic carbocycles. The third-order valence-electron chi connectivity index (χ3n) is 2.78. The average Bonchev–Trinajstić information content (AvgIpc) is 2.98. The topological polar surface area (TPSA) is 122 Å². The van der Waals surface area contributed by atoms with Gasteiger partial charge < -0.3 is 11.1 Å². The van der Waals surface area contributed by atoms with Crippen molar-refractivity contribution in [3.05, 3.63) is 41.9 Å². The predicted molar refractivity (Wildman–Crippen MR) is 71.5 cm³/mol. The fraction of sp³-hybridized carbons (Fsp3) is 0.0833. The number of hydrogen-bond acceptors (Lipinski definition) is 6. The van der Waals surface area contributed by atoms with Crippen LogP contribution < -0.4 is 11.1 Å². The third kappa shape index (κ3) is 2.26. The van der Waals surface area contributed by atoms with E-state index < -0.39 is 0 Å². The van der Waals surface area contributed by atoms with Crippen LogP contribution in [-0.2, 0) is 6.54 Å². The highest BCUT2D eigenvalue weighted by Crippen LogP contribution is 2.19. The van der Waals surface area contributed by atoms with Crippen LogP contribution in [0.2, 0.25) is 0 Å². The Kier molecular flexibility index (Phi) is 2.96. The molecular weight excluding hydrogens is 258 g/mol. The van der Waals surface area contributed by atoms with Crippen LogP contribution in [0.15, 0.2) is 30.3 Å². The summed E-state index contributed by atoms with van der Waals surface area (Å²) in [5.41, 5.74) is 7.37. The van der Waals surface area contributed by atoms with Gasteiger partial charge in [0.15, 0.2) is 5.82 Å². The van der Waals surface area contributed by atoms with Crippen molar-refractivity contribution in [2.45, 2.75) is 6.54 Å². The lowest BCUT2D eigenvalue weighted by Crippen LogP contribution is -2.24. The van der Waals surface area contributed by atoms with Gasteiger partial charge in [-0.25, -0.2) is 4.98 Å². The van der Waals surface area contributed by atoms with Gasteiger partial charge in [-0.2, -0.15) is 5.21 Å². The van der Waals surface area contributed by atoms with Crippen LogP contribution in [0, 0.1) is 0 Å². The van der Waals surface area contributed by atoms with E-state index in [-0.39, 0.29) is 18.1 Å². The summed E-state index contributed by atoms with van der Waals surface area (Å²) in [4.78, 5) is 16.3. The summed E-state index contributed by atoms with van der Waals surface area (Å²) in [6.07, 6.45) is 0. The Bertz CT molecular complexity index is 754. The van der Waals surface area contributed by atoms with Crippen molar-refractivity contribution in [1.29, 1.82) is 0 Å². The van der Waals surface area contributed by atoms with Crippen LogP contribution in [0.25, 0.3) is 10.9 Å². The lowest BCUT2D eigenvalue weighted by Gasteiger charge is -2.06. The normalized spacial score (nSPS) is 10.6. The van der Waals surface area contributed by atoms with E-state index in [1.807, 2.05) is 24.3 Å². The molecule has 100 valence electrons. The standard InChI is InChI=1S/C12H11N7O/c13-8-5-10(15-9-4-2-1-3-7(8)9)12(20)14-6-11-16-18-19-17-11/h1-5H,6H2,(H2,13,15)(H,14,20)(H,16,17,18,19). The van der Waals surface area contributed by atoms with E-state index in [2.05, 4.69) is 30.9 Å². The highest BCUT2D eigenvalue weighted by molar-refractivity contribution is 5.99. The molecule has 0 radical (unpaired) electrons. The number of H-pyrrole nitrogens is 1. The average molecular weight is 269 g/mol. The number of para-hydroxylation sites is 1. The molecule has 8 nitrogen and oxygen atoms in total. The smallest absolute Gasteiger partial charge is 0.270 e. The number of nitrogen functional groups attached to an aromatic ring is 1. The maximum absolute atomic E-state index is 12.0. The lowest BCUT2D eigenvalue weighted by molar-refractivity contribution is 0.0945. The zero-order chi connectivity index (χ0) is 13.9. The first-order valence-corrected chi connectivity index (χ1v) is 5.90. The Labute approximate surface area is 113 Å². The monoisotopic (exact) mass is 269 g/mol. The molecule has 0 unspecified atom stereocenters. The summed E-state index contributed by atoms with van der Waals surface area (Å²) in [6.45, 7) is 0.170. The number of carbonyl (C=O) groups excluding carboxylic acids is 1. The number of anilines is 1. The van der Waals surface area contributed by atoms with E-state index in [0.717, 1.165) is 5.39 Å². The molecule has 8 heteroatoms. The number of amides is 1. The Morgan fingerprint density at radius 2 is 2.20 bits per heavy atom. The first-order valence-electron chi connectivity index (χ1n) is 5.90. The van der Waals surface area contributed by atoms with E-state index >= 15 is 0 Å². The number of hydrogen-bond donors (Lipinski definition) is 3. The van der Waals surface area contributed by atoms with Crippen LogP contribution >= 0.6 is 0 Å². The van der Waals surface area contributed by atoms with Crippen molar-refractivity contribution < 1.29 is 4.79 Å². The molecule has 2 aromatic heterocycles. The third-order valence-corrected chi connectivity index (χ3v) is 2.78. The summed E-state index contributed by atoms with van der Waals surface area (Å²) >= 11 is 0. The summed E-state index contributed by atoms with van der Waals surface area (Å²) in [5, 5.41) is 16.7. The van der Waals surface area contributed by atoms with Crippen molar-refractivity contribution in [1.82, 2.24) is 30.9 Å². The molecule has 2 heterocycles. The summed E-state index contributed by atoms with van der Waals surface area (Å²) in [6, 6.07) is 8.93. The number of tetrazole rings is 1. The maximum Gasteiger partial charge on any atom is 0.270 e. The van der Waals surface area contributed by atoms with E-state index in [1.54, 1.807) is 6.07 Å². The van der Waals surface area contributed by atoms with Crippen LogP contribution in [-0.4, -0.2) is 31.5 Å². The number of benzene rings is 1. The second-order valence-corrected chi connectivity index (χ2v) is 4.12. The SMILES string of the molecule is Nc1cc(C(=O)NCc2nn[nH]n2)nc2ccccc12. The number of rotatable bonds is 3. The summed E-state index contributed by atoms with van der Waals surface area (Å²) in [7, 11) is 0. The molecule has 0 spiro atoms. The van der Waals surface area contributed by atoms with Gasteiger partial charge in [0, 0.05) is 11.1 Å². The molecule has 0 aliphatic carbocycles. The highest BCUT2D eigenvalue weighted by atomic mass is 16.1. The number of aromatic nitrogens is 5. The van der Waals surface area contributed by atoms with Gasteiger partial charge in [-0.3, -0.25) is 4.79 Å². The van der Waals surface area contributed by atoms with Crippen molar-refractivity contribution in [3.63, 3.8) is 0 Å². The van der Waals surface area contributed by atoms with Crippen molar-refractivity contribution >= 4 is 22.5 Å². The molecular formula is C12H11N7O. The van der Waals surface area contributed by atoms with Gasteiger partial charge in [0.05, 0.1) is 12.1 Å². The Hall–Kier alpha value is -3.03. The first kappa shape index (κ1) is 12.0. The second kappa shape index (κ2) is 4.92. The molecule has 20 heavy (non-hydrogen) atoms. The molecule has 3 aromatic rings. The Morgan fingerprint density at radius 3 is 3.00 bits per heavy atom. The van der Waals surface area contributed by atoms with E-state index in [4.69, 9.17) is 5.73 Å². The van der Waals surface area contributed by atoms with E-state index in [9.17, 15) is 4.79 Å². The minimum atomic E-state index is -0.341. The fourth-order valence-corrected chi connectivity index (χ4v) is 1.83. The zero-order valence-corrected chi connectivity index (χ0v) is 10.4. The number of fused-ring (bicyclic) bond motifs is 1. The maximum atomic E-state index is 12.0. The molecule has 1 amide bonds. The zero-order valence-electron chi connectivity index (χ0n) is 10.4. The van der Waals surface area contributed by atoms with Crippen LogP contribution in [0.4, 0.5) is 5.69 Å². The van der Waals surface area contributed by atoms with Gasteiger partial charge >= 0.3 is 0 Å². The van der Waals surface area contributed by atoms with Crippen LogP contribution in [0.3, 0.4) is 0 Å². The van der Waals surface area contributed by atoms with Crippen LogP contribution in [0.1, 0.15) is 16.3 Å². The minimum absolute atomic E-state index is 0.170. The lowest BCUT2D eigenvalue weighted by atomic mass is 10.1. The molecule has 0 bridgehead atoms. The summed E-state index contributed by atoms with van der Waals surface area (Å²) in [5.74, 6) is 0.0550. The summed E-state index contributed by atoms with van der Waals surface area (Å²) < 4.78 is 0. The molecule has 0 atom stereocenters. The van der Waals surface area contributed by atoms with Gasteiger partial charge in [-0.15, -0.1) is 10.2 Å². The highest BCUT2D eigenvalue weighted by Gasteiger charge is 2.11. The first-order chi connectivity index (χ1) is 9.74. The number of nitrogens with one attached hydrogen (secondary N) is 2. The molecule has 0 saturated heterocycles. The quantitative estimate of drug-likeness (QED) is 0.626. The van der Waals surface area contributed by atoms with Crippen LogP contribution in [0.5, 0.6) is 0 Å². The van der Waals surface area contributed by atoms with Gasteiger partial charge in [0.1, 0.15) is 5.69 Å². The molecule has 0 saturated carbocycles. The van der Waals surface area contributed by atoms with Crippen molar-refractivity contribution in [2.24, 2.45) is 0 Å². The predicted octanol–water partition coefficient (Wildman–Crippen LogP) is 0.260. The van der Waals surface area contributed by atoms with Crippen molar-refractivity contribution in [2.75, 3.05) is 5.73 Å². The van der Waals surface area contributed by atoms with Gasteiger partial charge in [0.2, 0.25) is 0 Å². The number of carbonyl (C=O) groups is 1. The minimum Gasteiger partial charge on any atom is -0.398 e. The molecule has 3 rings (SSSR count). The fourth-order valence-electron chi connectivity index (χ4n) is 1.83. The van der Waals surface area contributed by atoms with Crippen molar-refractivity contribution in [3.8, 4) is 0 Å². The number of pyridine rings is 1.